The number of unbranched alkanes of at least 4 members (excludes halogenated alkanes) is 1. The predicted molar refractivity (Wildman–Crippen MR) is 67.3 cm³/mol. The van der Waals surface area contributed by atoms with E-state index in [2.05, 4.69) is 5.32 Å². The SMILES string of the molecule is NCCCC[C@@H](C=O)NC(=O)[C@@H](N)CCC(N)=O. The summed E-state index contributed by atoms with van der Waals surface area (Å²) >= 11 is 0. The Morgan fingerprint density at radius 1 is 1.22 bits per heavy atom. The normalized spacial score (nSPS) is 13.7. The third-order valence-corrected chi connectivity index (χ3v) is 2.50. The van der Waals surface area contributed by atoms with Gasteiger partial charge in [-0.3, -0.25) is 9.59 Å². The molecule has 18 heavy (non-hydrogen) atoms. The van der Waals surface area contributed by atoms with Crippen molar-refractivity contribution in [2.75, 3.05) is 6.54 Å². The lowest BCUT2D eigenvalue weighted by molar-refractivity contribution is -0.125. The summed E-state index contributed by atoms with van der Waals surface area (Å²) < 4.78 is 0. The minimum atomic E-state index is -0.825. The zero-order chi connectivity index (χ0) is 14.0. The van der Waals surface area contributed by atoms with Gasteiger partial charge in [-0.05, 0) is 32.2 Å². The predicted octanol–water partition coefficient (Wildman–Crippen LogP) is -1.61. The van der Waals surface area contributed by atoms with Crippen molar-refractivity contribution in [3.63, 3.8) is 0 Å². The molecule has 104 valence electrons. The highest BCUT2D eigenvalue weighted by molar-refractivity contribution is 5.85. The van der Waals surface area contributed by atoms with Gasteiger partial charge in [0.2, 0.25) is 11.8 Å². The zero-order valence-corrected chi connectivity index (χ0v) is 10.4. The Hall–Kier alpha value is -1.47. The lowest BCUT2D eigenvalue weighted by Gasteiger charge is -2.16. The van der Waals surface area contributed by atoms with Crippen LogP contribution in [0.5, 0.6) is 0 Å². The number of carbonyl (C=O) groups is 3. The smallest absolute Gasteiger partial charge is 0.237 e. The van der Waals surface area contributed by atoms with E-state index in [0.717, 1.165) is 12.8 Å². The van der Waals surface area contributed by atoms with E-state index < -0.39 is 23.9 Å². The lowest BCUT2D eigenvalue weighted by atomic mass is 10.1. The summed E-state index contributed by atoms with van der Waals surface area (Å²) in [5.74, 6) is -0.950. The summed E-state index contributed by atoms with van der Waals surface area (Å²) in [6.45, 7) is 0.553. The van der Waals surface area contributed by atoms with Crippen molar-refractivity contribution in [3.05, 3.63) is 0 Å². The van der Waals surface area contributed by atoms with E-state index in [0.29, 0.717) is 19.3 Å². The molecule has 7 N–H and O–H groups in total. The molecular weight excluding hydrogens is 236 g/mol. The quantitative estimate of drug-likeness (QED) is 0.275. The van der Waals surface area contributed by atoms with Gasteiger partial charge in [0.05, 0.1) is 12.1 Å². The number of carbonyl (C=O) groups excluding carboxylic acids is 3. The van der Waals surface area contributed by atoms with Crippen LogP contribution < -0.4 is 22.5 Å². The molecule has 2 atom stereocenters. The number of nitrogens with two attached hydrogens (primary N) is 3. The van der Waals surface area contributed by atoms with Gasteiger partial charge in [0.15, 0.2) is 0 Å². The second kappa shape index (κ2) is 9.55. The molecule has 0 fully saturated rings. The van der Waals surface area contributed by atoms with Crippen molar-refractivity contribution in [3.8, 4) is 0 Å². The highest BCUT2D eigenvalue weighted by Gasteiger charge is 2.17. The minimum Gasteiger partial charge on any atom is -0.370 e. The molecular formula is C11H22N4O3. The van der Waals surface area contributed by atoms with Crippen molar-refractivity contribution in [1.29, 1.82) is 0 Å². The highest BCUT2D eigenvalue weighted by atomic mass is 16.2. The first-order chi connectivity index (χ1) is 8.51. The standard InChI is InChI=1S/C11H22N4O3/c12-6-2-1-3-8(7-16)15-11(18)9(13)4-5-10(14)17/h7-9H,1-6,12-13H2,(H2,14,17)(H,15,18)/t8-,9-/m0/s1. The van der Waals surface area contributed by atoms with Gasteiger partial charge in [0.1, 0.15) is 6.29 Å². The number of hydrogen-bond donors (Lipinski definition) is 4. The van der Waals surface area contributed by atoms with Crippen molar-refractivity contribution in [1.82, 2.24) is 5.32 Å². The number of primary amides is 1. The van der Waals surface area contributed by atoms with Gasteiger partial charge in [0, 0.05) is 6.42 Å². The van der Waals surface area contributed by atoms with Crippen molar-refractivity contribution in [2.24, 2.45) is 17.2 Å². The van der Waals surface area contributed by atoms with Gasteiger partial charge in [-0.2, -0.15) is 0 Å². The highest BCUT2D eigenvalue weighted by Crippen LogP contribution is 2.00. The molecule has 7 nitrogen and oxygen atoms in total. The molecule has 0 saturated heterocycles. The van der Waals surface area contributed by atoms with Gasteiger partial charge >= 0.3 is 0 Å². The van der Waals surface area contributed by atoms with Gasteiger partial charge in [-0.1, -0.05) is 0 Å². The molecule has 0 aliphatic carbocycles. The maximum Gasteiger partial charge on any atom is 0.237 e. The van der Waals surface area contributed by atoms with E-state index in [4.69, 9.17) is 17.2 Å². The molecule has 0 unspecified atom stereocenters. The first kappa shape index (κ1) is 16.5. The van der Waals surface area contributed by atoms with E-state index in [1.54, 1.807) is 0 Å². The number of rotatable bonds is 10. The fourth-order valence-corrected chi connectivity index (χ4v) is 1.40. The third kappa shape index (κ3) is 7.75. The molecule has 0 saturated carbocycles. The molecule has 0 aliphatic heterocycles. The van der Waals surface area contributed by atoms with Gasteiger partial charge < -0.3 is 27.3 Å². The largest absolute Gasteiger partial charge is 0.370 e. The molecule has 0 spiro atoms. The van der Waals surface area contributed by atoms with Gasteiger partial charge in [-0.25, -0.2) is 0 Å². The zero-order valence-electron chi connectivity index (χ0n) is 10.4. The maximum absolute atomic E-state index is 11.6. The van der Waals surface area contributed by atoms with Crippen LogP contribution in [-0.2, 0) is 14.4 Å². The first-order valence-corrected chi connectivity index (χ1v) is 6.00. The van der Waals surface area contributed by atoms with Crippen molar-refractivity contribution in [2.45, 2.75) is 44.2 Å². The van der Waals surface area contributed by atoms with E-state index >= 15 is 0 Å². The molecule has 0 aromatic rings. The molecule has 0 rings (SSSR count). The Kier molecular flexibility index (Phi) is 8.77. The maximum atomic E-state index is 11.6. The summed E-state index contributed by atoms with van der Waals surface area (Å²) in [7, 11) is 0. The molecule has 0 bridgehead atoms. The number of nitrogens with one attached hydrogen (secondary N) is 1. The number of aldehydes is 1. The average molecular weight is 258 g/mol. The number of hydrogen-bond acceptors (Lipinski definition) is 5. The van der Waals surface area contributed by atoms with E-state index in [1.807, 2.05) is 0 Å². The van der Waals surface area contributed by atoms with Crippen LogP contribution in [-0.4, -0.2) is 36.7 Å². The Bertz CT molecular complexity index is 283. The molecule has 0 heterocycles. The monoisotopic (exact) mass is 258 g/mol. The van der Waals surface area contributed by atoms with E-state index in [-0.39, 0.29) is 12.8 Å². The second-order valence-corrected chi connectivity index (χ2v) is 4.15. The Balaban J connectivity index is 4.00. The Morgan fingerprint density at radius 3 is 2.39 bits per heavy atom. The average Bonchev–Trinajstić information content (AvgIpc) is 2.34. The number of amides is 2. The summed E-state index contributed by atoms with van der Waals surface area (Å²) in [5.41, 5.74) is 15.9. The van der Waals surface area contributed by atoms with Crippen LogP contribution in [0.1, 0.15) is 32.1 Å². The molecule has 0 aromatic carbocycles. The van der Waals surface area contributed by atoms with Crippen LogP contribution in [0.15, 0.2) is 0 Å². The molecule has 2 amide bonds. The topological polar surface area (TPSA) is 141 Å². The van der Waals surface area contributed by atoms with Crippen LogP contribution in [0, 0.1) is 0 Å². The van der Waals surface area contributed by atoms with E-state index in [1.165, 1.54) is 0 Å². The van der Waals surface area contributed by atoms with E-state index in [9.17, 15) is 14.4 Å². The van der Waals surface area contributed by atoms with Gasteiger partial charge in [0.25, 0.3) is 0 Å². The Labute approximate surface area is 106 Å². The van der Waals surface area contributed by atoms with Crippen LogP contribution >= 0.6 is 0 Å². The second-order valence-electron chi connectivity index (χ2n) is 4.15. The third-order valence-electron chi connectivity index (χ3n) is 2.50. The fraction of sp³-hybridized carbons (Fsp3) is 0.727. The summed E-state index contributed by atoms with van der Waals surface area (Å²) in [6.07, 6.45) is 3.00. The first-order valence-electron chi connectivity index (χ1n) is 6.00. The summed E-state index contributed by atoms with van der Waals surface area (Å²) in [5, 5.41) is 2.52. The molecule has 0 aliphatic rings. The minimum absolute atomic E-state index is 0.0491. The summed E-state index contributed by atoms with van der Waals surface area (Å²) in [6, 6.07) is -1.38. The van der Waals surface area contributed by atoms with Crippen molar-refractivity contribution >= 4 is 18.1 Å². The molecule has 0 aromatic heterocycles. The molecule has 0 radical (unpaired) electrons. The molecule has 7 heteroatoms. The Morgan fingerprint density at radius 2 is 1.89 bits per heavy atom. The van der Waals surface area contributed by atoms with Crippen LogP contribution in [0.2, 0.25) is 0 Å². The fourth-order valence-electron chi connectivity index (χ4n) is 1.40. The van der Waals surface area contributed by atoms with Crippen LogP contribution in [0.25, 0.3) is 0 Å². The lowest BCUT2D eigenvalue weighted by Crippen LogP contribution is -2.46. The van der Waals surface area contributed by atoms with Crippen molar-refractivity contribution < 1.29 is 14.4 Å². The van der Waals surface area contributed by atoms with Crippen LogP contribution in [0.4, 0.5) is 0 Å². The summed E-state index contributed by atoms with van der Waals surface area (Å²) in [4.78, 5) is 32.9. The van der Waals surface area contributed by atoms with Crippen LogP contribution in [0.3, 0.4) is 0 Å². The van der Waals surface area contributed by atoms with Gasteiger partial charge in [-0.15, -0.1) is 0 Å².